The Morgan fingerprint density at radius 1 is 1.58 bits per heavy atom. The van der Waals surface area contributed by atoms with Crippen LogP contribution in [0.2, 0.25) is 0 Å². The van der Waals surface area contributed by atoms with Crippen molar-refractivity contribution >= 4 is 17.5 Å². The molecule has 0 aromatic heterocycles. The van der Waals surface area contributed by atoms with Crippen molar-refractivity contribution in [2.45, 2.75) is 32.2 Å². The van der Waals surface area contributed by atoms with Crippen LogP contribution < -0.4 is 5.32 Å². The zero-order valence-electron chi connectivity index (χ0n) is 7.48. The van der Waals surface area contributed by atoms with E-state index in [4.69, 9.17) is 18.0 Å². The van der Waals surface area contributed by atoms with Crippen LogP contribution in [0.3, 0.4) is 0 Å². The van der Waals surface area contributed by atoms with Crippen LogP contribution in [0.4, 0.5) is 0 Å². The summed E-state index contributed by atoms with van der Waals surface area (Å²) in [7, 11) is 0. The highest BCUT2D eigenvalue weighted by Gasteiger charge is 2.24. The Morgan fingerprint density at radius 3 is 2.33 bits per heavy atom. The standard InChI is InChI=1S/C9H14ClNO/c1-4-9(5-2,6-3)11-8(12)7-10/h1H,5-7H2,2-3H3,(H,11,12). The molecule has 0 spiro atoms. The van der Waals surface area contributed by atoms with E-state index < -0.39 is 5.54 Å². The summed E-state index contributed by atoms with van der Waals surface area (Å²) in [4.78, 5) is 11.0. The van der Waals surface area contributed by atoms with Gasteiger partial charge in [0.2, 0.25) is 5.91 Å². The van der Waals surface area contributed by atoms with Crippen molar-refractivity contribution in [3.05, 3.63) is 0 Å². The van der Waals surface area contributed by atoms with Crippen LogP contribution in [0, 0.1) is 12.3 Å². The van der Waals surface area contributed by atoms with Gasteiger partial charge in [-0.25, -0.2) is 0 Å². The maximum absolute atomic E-state index is 11.0. The minimum atomic E-state index is -0.508. The lowest BCUT2D eigenvalue weighted by atomic mass is 9.94. The van der Waals surface area contributed by atoms with E-state index in [1.54, 1.807) is 0 Å². The van der Waals surface area contributed by atoms with E-state index in [0.29, 0.717) is 0 Å². The van der Waals surface area contributed by atoms with Crippen molar-refractivity contribution in [2.24, 2.45) is 0 Å². The quantitative estimate of drug-likeness (QED) is 0.525. The zero-order chi connectivity index (χ0) is 9.61. The summed E-state index contributed by atoms with van der Waals surface area (Å²) in [5, 5.41) is 2.72. The molecule has 68 valence electrons. The van der Waals surface area contributed by atoms with Crippen LogP contribution in [0.5, 0.6) is 0 Å². The van der Waals surface area contributed by atoms with Crippen LogP contribution in [0.15, 0.2) is 0 Å². The number of terminal acetylenes is 1. The van der Waals surface area contributed by atoms with Crippen molar-refractivity contribution in [2.75, 3.05) is 5.88 Å². The number of halogens is 1. The molecule has 1 N–H and O–H groups in total. The molecule has 3 heteroatoms. The van der Waals surface area contributed by atoms with E-state index in [9.17, 15) is 4.79 Å². The highest BCUT2D eigenvalue weighted by molar-refractivity contribution is 6.27. The number of nitrogens with one attached hydrogen (secondary N) is 1. The predicted molar refractivity (Wildman–Crippen MR) is 51.0 cm³/mol. The van der Waals surface area contributed by atoms with Crippen LogP contribution in [0.1, 0.15) is 26.7 Å². The van der Waals surface area contributed by atoms with Crippen molar-refractivity contribution < 1.29 is 4.79 Å². The maximum atomic E-state index is 11.0. The van der Waals surface area contributed by atoms with Gasteiger partial charge in [-0.3, -0.25) is 4.79 Å². The fourth-order valence-electron chi connectivity index (χ4n) is 0.967. The van der Waals surface area contributed by atoms with Crippen LogP contribution in [-0.4, -0.2) is 17.3 Å². The third kappa shape index (κ3) is 2.75. The lowest BCUT2D eigenvalue weighted by Crippen LogP contribution is -2.46. The van der Waals surface area contributed by atoms with Crippen molar-refractivity contribution in [3.63, 3.8) is 0 Å². The molecule has 12 heavy (non-hydrogen) atoms. The first kappa shape index (κ1) is 11.3. The Morgan fingerprint density at radius 2 is 2.08 bits per heavy atom. The largest absolute Gasteiger partial charge is 0.339 e. The van der Waals surface area contributed by atoms with Gasteiger partial charge in [0, 0.05) is 0 Å². The van der Waals surface area contributed by atoms with Crippen molar-refractivity contribution in [1.82, 2.24) is 5.32 Å². The predicted octanol–water partition coefficient (Wildman–Crippen LogP) is 1.53. The number of rotatable bonds is 4. The molecular weight excluding hydrogens is 174 g/mol. The van der Waals surface area contributed by atoms with Crippen molar-refractivity contribution in [3.8, 4) is 12.3 Å². The summed E-state index contributed by atoms with van der Waals surface area (Å²) in [5.74, 6) is 2.34. The Balaban J connectivity index is 4.33. The molecule has 0 aliphatic heterocycles. The average molecular weight is 188 g/mol. The molecule has 0 saturated heterocycles. The fourth-order valence-corrected chi connectivity index (χ4v) is 1.03. The summed E-state index contributed by atoms with van der Waals surface area (Å²) >= 11 is 5.35. The van der Waals surface area contributed by atoms with Crippen LogP contribution in [0.25, 0.3) is 0 Å². The minimum Gasteiger partial charge on any atom is -0.339 e. The van der Waals surface area contributed by atoms with E-state index in [2.05, 4.69) is 11.2 Å². The number of hydrogen-bond acceptors (Lipinski definition) is 1. The number of carbonyl (C=O) groups excluding carboxylic acids is 1. The third-order valence-electron chi connectivity index (χ3n) is 1.98. The van der Waals surface area contributed by atoms with Gasteiger partial charge in [-0.1, -0.05) is 19.8 Å². The normalized spacial score (nSPS) is 10.5. The molecule has 0 saturated carbocycles. The second kappa shape index (κ2) is 5.05. The average Bonchev–Trinajstić information content (AvgIpc) is 2.14. The second-order valence-corrected chi connectivity index (χ2v) is 2.88. The highest BCUT2D eigenvalue weighted by Crippen LogP contribution is 2.13. The molecule has 0 aliphatic carbocycles. The number of amides is 1. The first-order chi connectivity index (χ1) is 5.64. The van der Waals surface area contributed by atoms with Crippen molar-refractivity contribution in [1.29, 1.82) is 0 Å². The van der Waals surface area contributed by atoms with Gasteiger partial charge >= 0.3 is 0 Å². The molecule has 1 amide bonds. The van der Waals surface area contributed by atoms with E-state index in [1.165, 1.54) is 0 Å². The molecule has 0 unspecified atom stereocenters. The van der Waals surface area contributed by atoms with Gasteiger partial charge < -0.3 is 5.32 Å². The molecule has 0 aromatic carbocycles. The summed E-state index contributed by atoms with van der Waals surface area (Å²) < 4.78 is 0. The second-order valence-electron chi connectivity index (χ2n) is 2.62. The van der Waals surface area contributed by atoms with Gasteiger partial charge in [0.1, 0.15) is 11.4 Å². The van der Waals surface area contributed by atoms with Gasteiger partial charge in [-0.05, 0) is 12.8 Å². The molecular formula is C9H14ClNO. The van der Waals surface area contributed by atoms with E-state index in [0.717, 1.165) is 12.8 Å². The summed E-state index contributed by atoms with van der Waals surface area (Å²) in [6.07, 6.45) is 6.77. The lowest BCUT2D eigenvalue weighted by molar-refractivity contribution is -0.120. The third-order valence-corrected chi connectivity index (χ3v) is 2.23. The van der Waals surface area contributed by atoms with Crippen LogP contribution in [-0.2, 0) is 4.79 Å². The molecule has 0 aromatic rings. The van der Waals surface area contributed by atoms with E-state index >= 15 is 0 Å². The SMILES string of the molecule is C#CC(CC)(CC)NC(=O)CCl. The van der Waals surface area contributed by atoms with E-state index in [1.807, 2.05) is 13.8 Å². The number of carbonyl (C=O) groups is 1. The smallest absolute Gasteiger partial charge is 0.236 e. The molecule has 0 aliphatic rings. The lowest BCUT2D eigenvalue weighted by Gasteiger charge is -2.26. The van der Waals surface area contributed by atoms with Gasteiger partial charge in [0.15, 0.2) is 0 Å². The molecule has 2 nitrogen and oxygen atoms in total. The fraction of sp³-hybridized carbons (Fsp3) is 0.667. The van der Waals surface area contributed by atoms with Gasteiger partial charge in [-0.15, -0.1) is 18.0 Å². The van der Waals surface area contributed by atoms with E-state index in [-0.39, 0.29) is 11.8 Å². The Kier molecular flexibility index (Phi) is 4.77. The summed E-state index contributed by atoms with van der Waals surface area (Å²) in [6, 6.07) is 0. The molecule has 0 radical (unpaired) electrons. The van der Waals surface area contributed by atoms with Gasteiger partial charge in [0.05, 0.1) is 0 Å². The Bertz CT molecular complexity index is 191. The van der Waals surface area contributed by atoms with Crippen LogP contribution >= 0.6 is 11.6 Å². The summed E-state index contributed by atoms with van der Waals surface area (Å²) in [6.45, 7) is 3.88. The molecule has 0 rings (SSSR count). The van der Waals surface area contributed by atoms with Gasteiger partial charge in [-0.2, -0.15) is 0 Å². The first-order valence-electron chi connectivity index (χ1n) is 3.98. The summed E-state index contributed by atoms with van der Waals surface area (Å²) in [5.41, 5.74) is -0.508. The maximum Gasteiger partial charge on any atom is 0.236 e. The molecule has 0 fully saturated rings. The first-order valence-corrected chi connectivity index (χ1v) is 4.52. The zero-order valence-corrected chi connectivity index (χ0v) is 8.24. The number of alkyl halides is 1. The van der Waals surface area contributed by atoms with Gasteiger partial charge in [0.25, 0.3) is 0 Å². The number of hydrogen-bond donors (Lipinski definition) is 1. The Labute approximate surface area is 78.7 Å². The Hall–Kier alpha value is -0.680. The highest BCUT2D eigenvalue weighted by atomic mass is 35.5. The minimum absolute atomic E-state index is 0.0383. The topological polar surface area (TPSA) is 29.1 Å². The monoisotopic (exact) mass is 187 g/mol. The molecule has 0 bridgehead atoms. The molecule has 0 heterocycles. The molecule has 0 atom stereocenters.